The molecule has 0 aliphatic heterocycles. The number of aromatic nitrogens is 4. The minimum absolute atomic E-state index is 0.00988. The van der Waals surface area contributed by atoms with E-state index in [0.717, 1.165) is 10.4 Å². The van der Waals surface area contributed by atoms with Crippen LogP contribution in [-0.2, 0) is 11.3 Å². The first-order valence-corrected chi connectivity index (χ1v) is 7.89. The highest BCUT2D eigenvalue weighted by molar-refractivity contribution is 7.08. The van der Waals surface area contributed by atoms with Crippen LogP contribution in [0.5, 0.6) is 0 Å². The molecule has 0 spiro atoms. The van der Waals surface area contributed by atoms with Crippen molar-refractivity contribution in [2.75, 3.05) is 5.32 Å². The molecule has 1 N–H and O–H groups in total. The molecule has 0 fully saturated rings. The van der Waals surface area contributed by atoms with Crippen LogP contribution in [0.1, 0.15) is 0 Å². The summed E-state index contributed by atoms with van der Waals surface area (Å²) in [7, 11) is 0. The van der Waals surface area contributed by atoms with Gasteiger partial charge in [-0.3, -0.25) is 14.9 Å². The Morgan fingerprint density at radius 2 is 2.25 bits per heavy atom. The fraction of sp³-hybridized carbons (Fsp3) is 0.0769. The molecule has 24 heavy (non-hydrogen) atoms. The standard InChI is InChI=1S/C13H9ClN6O3S/c14-9-1-2-11(20(22)23)10(5-9)15-12(21)6-19-17-13(16-18-19)8-3-4-24-7-8/h1-5,7H,6H2,(H,15,21). The Hall–Kier alpha value is -2.85. The molecule has 0 unspecified atom stereocenters. The van der Waals surface area contributed by atoms with Crippen molar-refractivity contribution in [3.63, 3.8) is 0 Å². The van der Waals surface area contributed by atoms with E-state index in [2.05, 4.69) is 20.7 Å². The maximum absolute atomic E-state index is 12.1. The normalized spacial score (nSPS) is 10.5. The Morgan fingerprint density at radius 1 is 1.42 bits per heavy atom. The smallest absolute Gasteiger partial charge is 0.292 e. The second kappa shape index (κ2) is 6.72. The molecule has 0 bridgehead atoms. The summed E-state index contributed by atoms with van der Waals surface area (Å²) < 4.78 is 0. The Bertz CT molecular complexity index is 895. The molecule has 2 heterocycles. The van der Waals surface area contributed by atoms with Crippen molar-refractivity contribution < 1.29 is 9.72 Å². The van der Waals surface area contributed by atoms with Gasteiger partial charge >= 0.3 is 0 Å². The number of thiophene rings is 1. The summed E-state index contributed by atoms with van der Waals surface area (Å²) in [5.41, 5.74) is 0.561. The molecule has 0 aliphatic carbocycles. The Balaban J connectivity index is 1.72. The van der Waals surface area contributed by atoms with Crippen molar-refractivity contribution in [1.82, 2.24) is 20.2 Å². The highest BCUT2D eigenvalue weighted by Gasteiger charge is 2.17. The van der Waals surface area contributed by atoms with Crippen LogP contribution in [-0.4, -0.2) is 31.0 Å². The molecule has 1 aromatic carbocycles. The minimum Gasteiger partial charge on any atom is -0.319 e. The van der Waals surface area contributed by atoms with E-state index in [1.54, 1.807) is 0 Å². The second-order valence-corrected chi connectivity index (χ2v) is 5.84. The minimum atomic E-state index is -0.603. The van der Waals surface area contributed by atoms with Gasteiger partial charge in [-0.05, 0) is 28.8 Å². The van der Waals surface area contributed by atoms with Gasteiger partial charge in [0.2, 0.25) is 11.7 Å². The van der Waals surface area contributed by atoms with E-state index in [4.69, 9.17) is 11.6 Å². The van der Waals surface area contributed by atoms with Gasteiger partial charge in [-0.25, -0.2) is 0 Å². The summed E-state index contributed by atoms with van der Waals surface area (Å²) >= 11 is 7.31. The first kappa shape index (κ1) is 16.0. The van der Waals surface area contributed by atoms with E-state index in [1.165, 1.54) is 29.5 Å². The number of nitro groups is 1. The lowest BCUT2D eigenvalue weighted by molar-refractivity contribution is -0.383. The summed E-state index contributed by atoms with van der Waals surface area (Å²) in [6.07, 6.45) is 0. The number of nitro benzene ring substituents is 1. The molecule has 3 rings (SSSR count). The molecule has 0 saturated carbocycles. The molecular weight excluding hydrogens is 356 g/mol. The molecule has 9 nitrogen and oxygen atoms in total. The van der Waals surface area contributed by atoms with E-state index in [9.17, 15) is 14.9 Å². The molecular formula is C13H9ClN6O3S. The zero-order valence-corrected chi connectivity index (χ0v) is 13.5. The molecule has 0 atom stereocenters. The van der Waals surface area contributed by atoms with E-state index >= 15 is 0 Å². The van der Waals surface area contributed by atoms with Crippen LogP contribution in [0.4, 0.5) is 11.4 Å². The van der Waals surface area contributed by atoms with Gasteiger partial charge in [-0.2, -0.15) is 16.1 Å². The lowest BCUT2D eigenvalue weighted by Gasteiger charge is -2.05. The molecule has 3 aromatic rings. The van der Waals surface area contributed by atoms with Crippen molar-refractivity contribution in [3.8, 4) is 11.4 Å². The summed E-state index contributed by atoms with van der Waals surface area (Å²) in [5, 5.41) is 29.2. The van der Waals surface area contributed by atoms with Crippen LogP contribution < -0.4 is 5.32 Å². The second-order valence-electron chi connectivity index (χ2n) is 4.62. The van der Waals surface area contributed by atoms with Gasteiger partial charge in [0.05, 0.1) is 4.92 Å². The van der Waals surface area contributed by atoms with Crippen LogP contribution in [0.15, 0.2) is 35.0 Å². The zero-order chi connectivity index (χ0) is 17.1. The van der Waals surface area contributed by atoms with E-state index in [-0.39, 0.29) is 22.9 Å². The van der Waals surface area contributed by atoms with E-state index < -0.39 is 10.8 Å². The Labute approximate surface area is 144 Å². The zero-order valence-electron chi connectivity index (χ0n) is 11.9. The summed E-state index contributed by atoms with van der Waals surface area (Å²) in [6, 6.07) is 5.74. The SMILES string of the molecule is O=C(Cn1nnc(-c2ccsc2)n1)Nc1cc(Cl)ccc1[N+](=O)[O-]. The molecule has 122 valence electrons. The molecule has 0 saturated heterocycles. The van der Waals surface area contributed by atoms with Gasteiger partial charge in [0.1, 0.15) is 12.2 Å². The lowest BCUT2D eigenvalue weighted by Crippen LogP contribution is -2.21. The average Bonchev–Trinajstić information content (AvgIpc) is 3.17. The third kappa shape index (κ3) is 3.55. The number of carbonyl (C=O) groups is 1. The number of hydrogen-bond donors (Lipinski definition) is 1. The first-order valence-electron chi connectivity index (χ1n) is 6.57. The monoisotopic (exact) mass is 364 g/mol. The number of anilines is 1. The molecule has 0 aliphatic rings. The van der Waals surface area contributed by atoms with E-state index in [0.29, 0.717) is 5.82 Å². The number of hydrogen-bond acceptors (Lipinski definition) is 7. The lowest BCUT2D eigenvalue weighted by atomic mass is 10.2. The van der Waals surface area contributed by atoms with Gasteiger partial charge in [0, 0.05) is 22.0 Å². The third-order valence-corrected chi connectivity index (χ3v) is 3.86. The highest BCUT2D eigenvalue weighted by Crippen LogP contribution is 2.27. The predicted octanol–water partition coefficient (Wildman–Crippen LogP) is 2.60. The average molecular weight is 365 g/mol. The number of rotatable bonds is 5. The summed E-state index contributed by atoms with van der Waals surface area (Å²) in [5.74, 6) is -0.132. The van der Waals surface area contributed by atoms with Crippen LogP contribution in [0.25, 0.3) is 11.4 Å². The number of nitrogens with one attached hydrogen (secondary N) is 1. The van der Waals surface area contributed by atoms with Crippen molar-refractivity contribution in [1.29, 1.82) is 0 Å². The Kier molecular flexibility index (Phi) is 4.49. The van der Waals surface area contributed by atoms with Gasteiger partial charge in [-0.15, -0.1) is 10.2 Å². The summed E-state index contributed by atoms with van der Waals surface area (Å²) in [6.45, 7) is -0.235. The Morgan fingerprint density at radius 3 is 2.96 bits per heavy atom. The largest absolute Gasteiger partial charge is 0.319 e. The maximum atomic E-state index is 12.1. The maximum Gasteiger partial charge on any atom is 0.292 e. The highest BCUT2D eigenvalue weighted by atomic mass is 35.5. The number of tetrazole rings is 1. The van der Waals surface area contributed by atoms with Crippen LogP contribution >= 0.6 is 22.9 Å². The fourth-order valence-corrected chi connectivity index (χ4v) is 2.71. The predicted molar refractivity (Wildman–Crippen MR) is 87.9 cm³/mol. The quantitative estimate of drug-likeness (QED) is 0.549. The molecule has 2 aromatic heterocycles. The van der Waals surface area contributed by atoms with Crippen molar-refractivity contribution in [2.24, 2.45) is 0 Å². The third-order valence-electron chi connectivity index (χ3n) is 2.95. The number of carbonyl (C=O) groups excluding carboxylic acids is 1. The molecule has 0 radical (unpaired) electrons. The topological polar surface area (TPSA) is 116 Å². The van der Waals surface area contributed by atoms with Gasteiger partial charge in [-0.1, -0.05) is 11.6 Å². The fourth-order valence-electron chi connectivity index (χ4n) is 1.90. The van der Waals surface area contributed by atoms with Gasteiger partial charge in [0.25, 0.3) is 5.69 Å². The van der Waals surface area contributed by atoms with Gasteiger partial charge < -0.3 is 5.32 Å². The van der Waals surface area contributed by atoms with Crippen molar-refractivity contribution in [3.05, 3.63) is 50.2 Å². The first-order chi connectivity index (χ1) is 11.5. The van der Waals surface area contributed by atoms with E-state index in [1.807, 2.05) is 16.8 Å². The number of nitrogens with zero attached hydrogens (tertiary/aromatic N) is 5. The van der Waals surface area contributed by atoms with Crippen molar-refractivity contribution >= 4 is 40.2 Å². The molecule has 1 amide bonds. The van der Waals surface area contributed by atoms with Crippen LogP contribution in [0, 0.1) is 10.1 Å². The number of halogens is 1. The van der Waals surface area contributed by atoms with Crippen molar-refractivity contribution in [2.45, 2.75) is 6.54 Å². The molecule has 11 heteroatoms. The summed E-state index contributed by atoms with van der Waals surface area (Å²) in [4.78, 5) is 23.5. The van der Waals surface area contributed by atoms with Crippen LogP contribution in [0.2, 0.25) is 5.02 Å². The van der Waals surface area contributed by atoms with Gasteiger partial charge in [0.15, 0.2) is 0 Å². The number of amides is 1. The van der Waals surface area contributed by atoms with Crippen LogP contribution in [0.3, 0.4) is 0 Å². The number of benzene rings is 1.